The Bertz CT molecular complexity index is 1110. The topological polar surface area (TPSA) is 36.3 Å². The Morgan fingerprint density at radius 1 is 0.857 bits per heavy atom. The second-order valence-electron chi connectivity index (χ2n) is 6.83. The lowest BCUT2D eigenvalue weighted by atomic mass is 10.1. The Morgan fingerprint density at radius 3 is 2.39 bits per heavy atom. The summed E-state index contributed by atoms with van der Waals surface area (Å²) in [6, 6.07) is 22.8. The largest absolute Gasteiger partial charge is 0.493 e. The summed E-state index contributed by atoms with van der Waals surface area (Å²) < 4.78 is 13.1. The lowest BCUT2D eigenvalue weighted by Crippen LogP contribution is -2.04. The van der Waals surface area contributed by atoms with Gasteiger partial charge in [-0.3, -0.25) is 0 Å². The molecule has 0 radical (unpaired) electrons. The van der Waals surface area contributed by atoms with Crippen LogP contribution in [-0.4, -0.2) is 23.8 Å². The second kappa shape index (κ2) is 7.77. The summed E-state index contributed by atoms with van der Waals surface area (Å²) in [5.41, 5.74) is 5.77. The van der Waals surface area contributed by atoms with Gasteiger partial charge in [0.15, 0.2) is 11.5 Å². The van der Waals surface area contributed by atoms with Crippen molar-refractivity contribution in [1.82, 2.24) is 9.55 Å². The maximum absolute atomic E-state index is 5.45. The highest BCUT2D eigenvalue weighted by Gasteiger charge is 2.14. The number of benzene rings is 3. The molecule has 142 valence electrons. The minimum atomic E-state index is 0.750. The fourth-order valence-corrected chi connectivity index (χ4v) is 3.61. The number of hydrogen-bond acceptors (Lipinski definition) is 3. The number of aromatic nitrogens is 2. The molecule has 0 fully saturated rings. The molecule has 1 heterocycles. The Kier molecular flexibility index (Phi) is 5.02. The lowest BCUT2D eigenvalue weighted by molar-refractivity contribution is 0.354. The Morgan fingerprint density at radius 2 is 1.61 bits per heavy atom. The van der Waals surface area contributed by atoms with E-state index in [1.165, 1.54) is 16.7 Å². The van der Waals surface area contributed by atoms with Crippen LogP contribution in [0, 0.1) is 6.92 Å². The molecule has 0 aliphatic carbocycles. The van der Waals surface area contributed by atoms with E-state index >= 15 is 0 Å². The van der Waals surface area contributed by atoms with Crippen LogP contribution in [0.15, 0.2) is 66.7 Å². The van der Waals surface area contributed by atoms with Crippen molar-refractivity contribution in [3.63, 3.8) is 0 Å². The van der Waals surface area contributed by atoms with Gasteiger partial charge in [-0.25, -0.2) is 4.98 Å². The van der Waals surface area contributed by atoms with Gasteiger partial charge in [-0.2, -0.15) is 0 Å². The third-order valence-electron chi connectivity index (χ3n) is 5.11. The van der Waals surface area contributed by atoms with Gasteiger partial charge in [0.2, 0.25) is 0 Å². The van der Waals surface area contributed by atoms with E-state index in [1.54, 1.807) is 14.2 Å². The molecule has 0 N–H and O–H groups in total. The van der Waals surface area contributed by atoms with Crippen LogP contribution in [0.2, 0.25) is 0 Å². The van der Waals surface area contributed by atoms with E-state index in [2.05, 4.69) is 60.0 Å². The van der Waals surface area contributed by atoms with E-state index in [1.807, 2.05) is 18.2 Å². The van der Waals surface area contributed by atoms with Crippen molar-refractivity contribution < 1.29 is 9.47 Å². The van der Waals surface area contributed by atoms with E-state index in [9.17, 15) is 0 Å². The van der Waals surface area contributed by atoms with Crippen molar-refractivity contribution in [2.45, 2.75) is 19.9 Å². The Hall–Kier alpha value is -3.27. The van der Waals surface area contributed by atoms with Gasteiger partial charge in [-0.1, -0.05) is 42.5 Å². The number of ether oxygens (including phenoxy) is 2. The standard InChI is InChI=1S/C24H24N2O2/c1-17-8-4-5-9-19(17)24-25-20-10-6-7-11-21(20)26(24)15-14-18-12-13-22(27-2)23(16-18)28-3/h4-13,16H,14-15H2,1-3H3. The molecule has 0 amide bonds. The summed E-state index contributed by atoms with van der Waals surface area (Å²) in [6.45, 7) is 2.97. The molecular formula is C24H24N2O2. The predicted octanol–water partition coefficient (Wildman–Crippen LogP) is 5.27. The predicted molar refractivity (Wildman–Crippen MR) is 113 cm³/mol. The summed E-state index contributed by atoms with van der Waals surface area (Å²) in [5, 5.41) is 0. The first-order chi connectivity index (χ1) is 13.7. The van der Waals surface area contributed by atoms with Crippen molar-refractivity contribution in [2.24, 2.45) is 0 Å². The summed E-state index contributed by atoms with van der Waals surface area (Å²) in [6.07, 6.45) is 0.875. The molecule has 0 unspecified atom stereocenters. The molecule has 4 heteroatoms. The lowest BCUT2D eigenvalue weighted by Gasteiger charge is -2.13. The molecule has 4 aromatic rings. The number of nitrogens with zero attached hydrogens (tertiary/aromatic N) is 2. The molecule has 0 bridgehead atoms. The van der Waals surface area contributed by atoms with E-state index in [-0.39, 0.29) is 0 Å². The van der Waals surface area contributed by atoms with E-state index in [0.29, 0.717) is 0 Å². The number of aryl methyl sites for hydroxylation is 3. The molecule has 0 saturated heterocycles. The molecular weight excluding hydrogens is 348 g/mol. The number of para-hydroxylation sites is 2. The maximum Gasteiger partial charge on any atom is 0.160 e. The summed E-state index contributed by atoms with van der Waals surface area (Å²) in [5.74, 6) is 2.52. The van der Waals surface area contributed by atoms with Gasteiger partial charge in [0.05, 0.1) is 25.3 Å². The summed E-state index contributed by atoms with van der Waals surface area (Å²) in [4.78, 5) is 4.94. The second-order valence-corrected chi connectivity index (χ2v) is 6.83. The van der Waals surface area contributed by atoms with Crippen LogP contribution in [0.1, 0.15) is 11.1 Å². The summed E-state index contributed by atoms with van der Waals surface area (Å²) in [7, 11) is 3.32. The molecule has 3 aromatic carbocycles. The molecule has 0 aliphatic heterocycles. The highest BCUT2D eigenvalue weighted by atomic mass is 16.5. The van der Waals surface area contributed by atoms with Crippen LogP contribution in [-0.2, 0) is 13.0 Å². The molecule has 0 spiro atoms. The van der Waals surface area contributed by atoms with Crippen LogP contribution >= 0.6 is 0 Å². The minimum Gasteiger partial charge on any atom is -0.493 e. The van der Waals surface area contributed by atoms with Crippen LogP contribution in [0.3, 0.4) is 0 Å². The van der Waals surface area contributed by atoms with Crippen molar-refractivity contribution >= 4 is 11.0 Å². The number of fused-ring (bicyclic) bond motifs is 1. The highest BCUT2D eigenvalue weighted by Crippen LogP contribution is 2.30. The molecule has 4 nitrogen and oxygen atoms in total. The highest BCUT2D eigenvalue weighted by molar-refractivity contribution is 5.81. The van der Waals surface area contributed by atoms with Gasteiger partial charge in [-0.15, -0.1) is 0 Å². The molecule has 0 saturated carbocycles. The normalized spacial score (nSPS) is 11.0. The molecule has 0 atom stereocenters. The monoisotopic (exact) mass is 372 g/mol. The van der Waals surface area contributed by atoms with Gasteiger partial charge in [0.1, 0.15) is 5.82 Å². The van der Waals surface area contributed by atoms with E-state index in [4.69, 9.17) is 14.5 Å². The zero-order chi connectivity index (χ0) is 19.5. The number of imidazole rings is 1. The van der Waals surface area contributed by atoms with Gasteiger partial charge < -0.3 is 14.0 Å². The van der Waals surface area contributed by atoms with E-state index < -0.39 is 0 Å². The van der Waals surface area contributed by atoms with Gasteiger partial charge in [0.25, 0.3) is 0 Å². The molecule has 0 aliphatic rings. The maximum atomic E-state index is 5.45. The first-order valence-electron chi connectivity index (χ1n) is 9.43. The first-order valence-corrected chi connectivity index (χ1v) is 9.43. The molecule has 4 rings (SSSR count). The van der Waals surface area contributed by atoms with Crippen molar-refractivity contribution in [3.8, 4) is 22.9 Å². The Balaban J connectivity index is 1.72. The number of methoxy groups -OCH3 is 2. The van der Waals surface area contributed by atoms with Crippen molar-refractivity contribution in [1.29, 1.82) is 0 Å². The van der Waals surface area contributed by atoms with Gasteiger partial charge in [-0.05, 0) is 48.7 Å². The third kappa shape index (κ3) is 3.33. The molecule has 1 aromatic heterocycles. The van der Waals surface area contributed by atoms with Gasteiger partial charge in [0, 0.05) is 12.1 Å². The molecule has 28 heavy (non-hydrogen) atoms. The zero-order valence-electron chi connectivity index (χ0n) is 16.5. The third-order valence-corrected chi connectivity index (χ3v) is 5.11. The average Bonchev–Trinajstić information content (AvgIpc) is 3.10. The van der Waals surface area contributed by atoms with Gasteiger partial charge >= 0.3 is 0 Å². The Labute approximate surface area is 165 Å². The fourth-order valence-electron chi connectivity index (χ4n) is 3.61. The average molecular weight is 372 g/mol. The SMILES string of the molecule is COc1ccc(CCn2c(-c3ccccc3C)nc3ccccc32)cc1OC. The van der Waals surface area contributed by atoms with E-state index in [0.717, 1.165) is 41.3 Å². The smallest absolute Gasteiger partial charge is 0.160 e. The zero-order valence-corrected chi connectivity index (χ0v) is 16.5. The first kappa shape index (κ1) is 18.1. The van der Waals surface area contributed by atoms with Crippen LogP contribution in [0.25, 0.3) is 22.4 Å². The number of rotatable bonds is 6. The van der Waals surface area contributed by atoms with Crippen molar-refractivity contribution in [3.05, 3.63) is 77.9 Å². The quantitative estimate of drug-likeness (QED) is 0.462. The van der Waals surface area contributed by atoms with Crippen LogP contribution in [0.5, 0.6) is 11.5 Å². The van der Waals surface area contributed by atoms with Crippen LogP contribution in [0.4, 0.5) is 0 Å². The van der Waals surface area contributed by atoms with Crippen LogP contribution < -0.4 is 9.47 Å². The van der Waals surface area contributed by atoms with Crippen molar-refractivity contribution in [2.75, 3.05) is 14.2 Å². The summed E-state index contributed by atoms with van der Waals surface area (Å²) >= 11 is 0. The fraction of sp³-hybridized carbons (Fsp3) is 0.208. The minimum absolute atomic E-state index is 0.750. The number of hydrogen-bond donors (Lipinski definition) is 0.